The average Bonchev–Trinajstić information content (AvgIpc) is 3.10. The van der Waals surface area contributed by atoms with Gasteiger partial charge in [0.1, 0.15) is 0 Å². The Bertz CT molecular complexity index is 476. The number of carbonyl (C=O) groups excluding carboxylic acids is 1. The molecular formula is C13H14BrFO3. The summed E-state index contributed by atoms with van der Waals surface area (Å²) in [4.78, 5) is 11.6. The Morgan fingerprint density at radius 2 is 2.28 bits per heavy atom. The fourth-order valence-electron chi connectivity index (χ4n) is 2.07. The highest BCUT2D eigenvalue weighted by atomic mass is 79.9. The molecule has 98 valence electrons. The zero-order valence-corrected chi connectivity index (χ0v) is 11.8. The third-order valence-corrected chi connectivity index (χ3v) is 3.75. The van der Waals surface area contributed by atoms with E-state index in [1.165, 1.54) is 7.11 Å². The molecule has 1 aromatic rings. The fourth-order valence-corrected chi connectivity index (χ4v) is 2.67. The van der Waals surface area contributed by atoms with Gasteiger partial charge in [-0.05, 0) is 25.5 Å². The summed E-state index contributed by atoms with van der Waals surface area (Å²) in [5, 5.41) is 0. The van der Waals surface area contributed by atoms with Crippen LogP contribution in [-0.2, 0) is 9.53 Å². The quantitative estimate of drug-likeness (QED) is 0.800. The number of hydrogen-bond acceptors (Lipinski definition) is 3. The van der Waals surface area contributed by atoms with Gasteiger partial charge in [0.25, 0.3) is 0 Å². The molecule has 0 saturated heterocycles. The third kappa shape index (κ3) is 2.36. The van der Waals surface area contributed by atoms with Gasteiger partial charge in [-0.3, -0.25) is 4.79 Å². The standard InChI is InChI=1S/C13H14BrFO3/c1-3-18-13(16)8-6-7(8)11-9(14)4-5-10(17-2)12(11)15/h4-5,7-8H,3,6H2,1-2H3. The molecule has 1 aliphatic rings. The number of methoxy groups -OCH3 is 1. The van der Waals surface area contributed by atoms with Crippen LogP contribution in [0, 0.1) is 11.7 Å². The lowest BCUT2D eigenvalue weighted by Crippen LogP contribution is -2.08. The fraction of sp³-hybridized carbons (Fsp3) is 0.462. The van der Waals surface area contributed by atoms with Crippen molar-refractivity contribution in [1.29, 1.82) is 0 Å². The predicted octanol–water partition coefficient (Wildman–Crippen LogP) is 3.26. The number of esters is 1. The van der Waals surface area contributed by atoms with Crippen LogP contribution in [-0.4, -0.2) is 19.7 Å². The van der Waals surface area contributed by atoms with Crippen LogP contribution in [0.1, 0.15) is 24.8 Å². The molecule has 0 aliphatic heterocycles. The van der Waals surface area contributed by atoms with Gasteiger partial charge in [0.15, 0.2) is 11.6 Å². The van der Waals surface area contributed by atoms with E-state index < -0.39 is 5.82 Å². The van der Waals surface area contributed by atoms with Gasteiger partial charge in [0, 0.05) is 16.0 Å². The minimum Gasteiger partial charge on any atom is -0.494 e. The smallest absolute Gasteiger partial charge is 0.309 e. The van der Waals surface area contributed by atoms with E-state index in [0.717, 1.165) is 0 Å². The molecule has 2 atom stereocenters. The van der Waals surface area contributed by atoms with Gasteiger partial charge >= 0.3 is 5.97 Å². The maximum Gasteiger partial charge on any atom is 0.309 e. The van der Waals surface area contributed by atoms with E-state index in [4.69, 9.17) is 9.47 Å². The highest BCUT2D eigenvalue weighted by molar-refractivity contribution is 9.10. The van der Waals surface area contributed by atoms with Gasteiger partial charge in [-0.15, -0.1) is 0 Å². The van der Waals surface area contributed by atoms with Crippen LogP contribution in [0.4, 0.5) is 4.39 Å². The van der Waals surface area contributed by atoms with E-state index in [2.05, 4.69) is 15.9 Å². The van der Waals surface area contributed by atoms with E-state index >= 15 is 0 Å². The van der Waals surface area contributed by atoms with Crippen molar-refractivity contribution in [2.45, 2.75) is 19.3 Å². The molecule has 0 N–H and O–H groups in total. The number of halogens is 2. The summed E-state index contributed by atoms with van der Waals surface area (Å²) in [6.45, 7) is 2.11. The Balaban J connectivity index is 2.23. The molecule has 18 heavy (non-hydrogen) atoms. The molecule has 0 bridgehead atoms. The lowest BCUT2D eigenvalue weighted by atomic mass is 10.1. The van der Waals surface area contributed by atoms with Crippen LogP contribution >= 0.6 is 15.9 Å². The van der Waals surface area contributed by atoms with Crippen LogP contribution in [0.3, 0.4) is 0 Å². The van der Waals surface area contributed by atoms with Crippen molar-refractivity contribution in [1.82, 2.24) is 0 Å². The minimum atomic E-state index is -0.399. The number of hydrogen-bond donors (Lipinski definition) is 0. The molecule has 2 rings (SSSR count). The summed E-state index contributed by atoms with van der Waals surface area (Å²) in [6.07, 6.45) is 0.627. The summed E-state index contributed by atoms with van der Waals surface area (Å²) < 4.78 is 24.7. The molecular weight excluding hydrogens is 303 g/mol. The van der Waals surface area contributed by atoms with E-state index in [-0.39, 0.29) is 23.6 Å². The molecule has 3 nitrogen and oxygen atoms in total. The molecule has 1 fully saturated rings. The first-order chi connectivity index (χ1) is 8.60. The molecule has 0 heterocycles. The van der Waals surface area contributed by atoms with Crippen LogP contribution in [0.15, 0.2) is 16.6 Å². The monoisotopic (exact) mass is 316 g/mol. The second-order valence-corrected chi connectivity index (χ2v) is 5.03. The third-order valence-electron chi connectivity index (χ3n) is 3.06. The van der Waals surface area contributed by atoms with Gasteiger partial charge < -0.3 is 9.47 Å². The molecule has 1 aliphatic carbocycles. The van der Waals surface area contributed by atoms with Gasteiger partial charge in [-0.25, -0.2) is 4.39 Å². The summed E-state index contributed by atoms with van der Waals surface area (Å²) in [6, 6.07) is 3.29. The van der Waals surface area contributed by atoms with Crippen LogP contribution in [0.25, 0.3) is 0 Å². The summed E-state index contributed by atoms with van der Waals surface area (Å²) in [5.74, 6) is -0.806. The maximum atomic E-state index is 14.1. The van der Waals surface area contributed by atoms with Gasteiger partial charge in [-0.2, -0.15) is 0 Å². The molecule has 0 radical (unpaired) electrons. The lowest BCUT2D eigenvalue weighted by Gasteiger charge is -2.09. The van der Waals surface area contributed by atoms with E-state index in [9.17, 15) is 9.18 Å². The SMILES string of the molecule is CCOC(=O)C1CC1c1c(Br)ccc(OC)c1F. The topological polar surface area (TPSA) is 35.5 Å². The molecule has 0 aromatic heterocycles. The van der Waals surface area contributed by atoms with Crippen molar-refractivity contribution in [3.63, 3.8) is 0 Å². The van der Waals surface area contributed by atoms with Crippen LogP contribution in [0.5, 0.6) is 5.75 Å². The van der Waals surface area contributed by atoms with Crippen molar-refractivity contribution in [2.75, 3.05) is 13.7 Å². The van der Waals surface area contributed by atoms with Crippen LogP contribution in [0.2, 0.25) is 0 Å². The number of benzene rings is 1. The minimum absolute atomic E-state index is 0.117. The second-order valence-electron chi connectivity index (χ2n) is 4.18. The van der Waals surface area contributed by atoms with Crippen molar-refractivity contribution >= 4 is 21.9 Å². The first kappa shape index (κ1) is 13.3. The molecule has 5 heteroatoms. The first-order valence-corrected chi connectivity index (χ1v) is 6.58. The number of rotatable bonds is 4. The van der Waals surface area contributed by atoms with E-state index in [1.807, 2.05) is 0 Å². The van der Waals surface area contributed by atoms with Crippen molar-refractivity contribution in [3.8, 4) is 5.75 Å². The molecule has 0 spiro atoms. The normalized spacial score (nSPS) is 21.6. The second kappa shape index (κ2) is 5.26. The largest absolute Gasteiger partial charge is 0.494 e. The van der Waals surface area contributed by atoms with E-state index in [0.29, 0.717) is 23.1 Å². The average molecular weight is 317 g/mol. The number of ether oxygens (including phenoxy) is 2. The summed E-state index contributed by atoms with van der Waals surface area (Å²) in [5.41, 5.74) is 0.507. The highest BCUT2D eigenvalue weighted by Gasteiger charge is 2.47. The predicted molar refractivity (Wildman–Crippen MR) is 68.1 cm³/mol. The van der Waals surface area contributed by atoms with Gasteiger partial charge in [-0.1, -0.05) is 15.9 Å². The van der Waals surface area contributed by atoms with Crippen molar-refractivity contribution in [2.24, 2.45) is 5.92 Å². The van der Waals surface area contributed by atoms with E-state index in [1.54, 1.807) is 19.1 Å². The summed E-state index contributed by atoms with van der Waals surface area (Å²) in [7, 11) is 1.42. The Morgan fingerprint density at radius 3 is 2.89 bits per heavy atom. The first-order valence-electron chi connectivity index (χ1n) is 5.78. The Morgan fingerprint density at radius 1 is 1.56 bits per heavy atom. The zero-order chi connectivity index (χ0) is 13.3. The number of carbonyl (C=O) groups is 1. The molecule has 1 aromatic carbocycles. The summed E-state index contributed by atoms with van der Waals surface area (Å²) >= 11 is 3.32. The zero-order valence-electron chi connectivity index (χ0n) is 10.2. The highest BCUT2D eigenvalue weighted by Crippen LogP contribution is 2.52. The molecule has 0 amide bonds. The lowest BCUT2D eigenvalue weighted by molar-refractivity contribution is -0.144. The van der Waals surface area contributed by atoms with Gasteiger partial charge in [0.05, 0.1) is 19.6 Å². The van der Waals surface area contributed by atoms with Gasteiger partial charge in [0.2, 0.25) is 0 Å². The van der Waals surface area contributed by atoms with Crippen molar-refractivity contribution < 1.29 is 18.7 Å². The molecule has 2 unspecified atom stereocenters. The Labute approximate surface area is 113 Å². The van der Waals surface area contributed by atoms with Crippen molar-refractivity contribution in [3.05, 3.63) is 28.0 Å². The molecule has 1 saturated carbocycles. The maximum absolute atomic E-state index is 14.1. The Kier molecular flexibility index (Phi) is 3.90. The Hall–Kier alpha value is -1.10. The van der Waals surface area contributed by atoms with Crippen LogP contribution < -0.4 is 4.74 Å².